The van der Waals surface area contributed by atoms with Crippen molar-refractivity contribution in [2.45, 2.75) is 12.5 Å². The molecule has 2 rings (SSSR count). The maximum atomic E-state index is 8.90. The first-order valence-corrected chi connectivity index (χ1v) is 5.62. The number of hydrogen-bond donors (Lipinski definition) is 2. The summed E-state index contributed by atoms with van der Waals surface area (Å²) in [4.78, 5) is 2.27. The number of anilines is 2. The van der Waals surface area contributed by atoms with E-state index in [1.54, 1.807) is 0 Å². The van der Waals surface area contributed by atoms with Crippen LogP contribution >= 0.6 is 0 Å². The summed E-state index contributed by atoms with van der Waals surface area (Å²) in [6.45, 7) is 2.63. The SMILES string of the molecule is Nc1ccc(N2CCO[C@H](CCO)C2)cc1. The van der Waals surface area contributed by atoms with Gasteiger partial charge in [0.25, 0.3) is 0 Å². The van der Waals surface area contributed by atoms with E-state index in [-0.39, 0.29) is 12.7 Å². The summed E-state index contributed by atoms with van der Waals surface area (Å²) in [6, 6.07) is 7.87. The first-order valence-electron chi connectivity index (χ1n) is 5.62. The smallest absolute Gasteiger partial charge is 0.0772 e. The van der Waals surface area contributed by atoms with E-state index in [4.69, 9.17) is 15.6 Å². The average molecular weight is 222 g/mol. The van der Waals surface area contributed by atoms with Gasteiger partial charge in [-0.25, -0.2) is 0 Å². The molecular weight excluding hydrogens is 204 g/mol. The third kappa shape index (κ3) is 2.65. The molecule has 0 amide bonds. The van der Waals surface area contributed by atoms with Crippen LogP contribution < -0.4 is 10.6 Å². The minimum absolute atomic E-state index is 0.135. The monoisotopic (exact) mass is 222 g/mol. The molecule has 1 aromatic rings. The van der Waals surface area contributed by atoms with E-state index < -0.39 is 0 Å². The molecule has 3 N–H and O–H groups in total. The van der Waals surface area contributed by atoms with Crippen LogP contribution in [0.15, 0.2) is 24.3 Å². The highest BCUT2D eigenvalue weighted by Crippen LogP contribution is 2.19. The van der Waals surface area contributed by atoms with Gasteiger partial charge < -0.3 is 20.5 Å². The number of ether oxygens (including phenoxy) is 1. The predicted molar refractivity (Wildman–Crippen MR) is 64.5 cm³/mol. The highest BCUT2D eigenvalue weighted by molar-refractivity contribution is 5.53. The molecule has 1 aliphatic rings. The van der Waals surface area contributed by atoms with Gasteiger partial charge in [-0.3, -0.25) is 0 Å². The molecule has 0 aromatic heterocycles. The fourth-order valence-corrected chi connectivity index (χ4v) is 1.96. The van der Waals surface area contributed by atoms with Gasteiger partial charge in [-0.1, -0.05) is 0 Å². The van der Waals surface area contributed by atoms with Crippen molar-refractivity contribution in [3.63, 3.8) is 0 Å². The van der Waals surface area contributed by atoms with Crippen molar-refractivity contribution < 1.29 is 9.84 Å². The van der Waals surface area contributed by atoms with Gasteiger partial charge in [0.2, 0.25) is 0 Å². The number of benzene rings is 1. The molecule has 0 unspecified atom stereocenters. The first kappa shape index (κ1) is 11.2. The third-order valence-electron chi connectivity index (χ3n) is 2.85. The van der Waals surface area contributed by atoms with E-state index in [1.165, 1.54) is 5.69 Å². The van der Waals surface area contributed by atoms with E-state index in [1.807, 2.05) is 24.3 Å². The second-order valence-corrected chi connectivity index (χ2v) is 4.04. The Morgan fingerprint density at radius 3 is 2.81 bits per heavy atom. The summed E-state index contributed by atoms with van der Waals surface area (Å²) in [6.07, 6.45) is 0.835. The van der Waals surface area contributed by atoms with Crippen LogP contribution in [0.25, 0.3) is 0 Å². The molecule has 4 heteroatoms. The van der Waals surface area contributed by atoms with Gasteiger partial charge in [-0.15, -0.1) is 0 Å². The van der Waals surface area contributed by atoms with Gasteiger partial charge in [0.15, 0.2) is 0 Å². The summed E-state index contributed by atoms with van der Waals surface area (Å²) in [5, 5.41) is 8.90. The van der Waals surface area contributed by atoms with Gasteiger partial charge in [-0.05, 0) is 30.7 Å². The number of aliphatic hydroxyl groups excluding tert-OH is 1. The van der Waals surface area contributed by atoms with E-state index in [2.05, 4.69) is 4.90 Å². The lowest BCUT2D eigenvalue weighted by Crippen LogP contribution is -2.42. The molecule has 0 radical (unpaired) electrons. The van der Waals surface area contributed by atoms with Gasteiger partial charge in [0, 0.05) is 31.1 Å². The number of aliphatic hydroxyl groups is 1. The Kier molecular flexibility index (Phi) is 3.64. The van der Waals surface area contributed by atoms with Gasteiger partial charge in [0.1, 0.15) is 0 Å². The van der Waals surface area contributed by atoms with Crippen LogP contribution in [-0.4, -0.2) is 37.5 Å². The summed E-state index contributed by atoms with van der Waals surface area (Å²) in [7, 11) is 0. The van der Waals surface area contributed by atoms with Crippen LogP contribution in [0.4, 0.5) is 11.4 Å². The number of nitrogen functional groups attached to an aromatic ring is 1. The number of nitrogens with two attached hydrogens (primary N) is 1. The summed E-state index contributed by atoms with van der Waals surface area (Å²) in [5.41, 5.74) is 7.60. The van der Waals surface area contributed by atoms with Crippen LogP contribution in [0.5, 0.6) is 0 Å². The molecule has 88 valence electrons. The van der Waals surface area contributed by atoms with Crippen LogP contribution in [0, 0.1) is 0 Å². The molecule has 0 aliphatic carbocycles. The highest BCUT2D eigenvalue weighted by atomic mass is 16.5. The number of hydrogen-bond acceptors (Lipinski definition) is 4. The minimum Gasteiger partial charge on any atom is -0.399 e. The summed E-state index contributed by atoms with van der Waals surface area (Å²) < 4.78 is 5.57. The second-order valence-electron chi connectivity index (χ2n) is 4.04. The zero-order chi connectivity index (χ0) is 11.4. The Bertz CT molecular complexity index is 324. The fraction of sp³-hybridized carbons (Fsp3) is 0.500. The number of rotatable bonds is 3. The molecule has 0 spiro atoms. The van der Waals surface area contributed by atoms with Gasteiger partial charge in [0.05, 0.1) is 12.7 Å². The largest absolute Gasteiger partial charge is 0.399 e. The maximum Gasteiger partial charge on any atom is 0.0772 e. The maximum absolute atomic E-state index is 8.90. The lowest BCUT2D eigenvalue weighted by atomic mass is 10.2. The molecular formula is C12H18N2O2. The van der Waals surface area contributed by atoms with Crippen LogP contribution in [0.2, 0.25) is 0 Å². The topological polar surface area (TPSA) is 58.7 Å². The molecule has 1 atom stereocenters. The zero-order valence-electron chi connectivity index (χ0n) is 9.30. The lowest BCUT2D eigenvalue weighted by Gasteiger charge is -2.34. The summed E-state index contributed by atoms with van der Waals surface area (Å²) >= 11 is 0. The Hall–Kier alpha value is -1.26. The number of morpholine rings is 1. The van der Waals surface area contributed by atoms with Crippen molar-refractivity contribution in [3.8, 4) is 0 Å². The van der Waals surface area contributed by atoms with Crippen LogP contribution in [-0.2, 0) is 4.74 Å². The van der Waals surface area contributed by atoms with Crippen molar-refractivity contribution in [2.24, 2.45) is 0 Å². The van der Waals surface area contributed by atoms with E-state index >= 15 is 0 Å². The number of nitrogens with zero attached hydrogens (tertiary/aromatic N) is 1. The quantitative estimate of drug-likeness (QED) is 0.745. The lowest BCUT2D eigenvalue weighted by molar-refractivity contribution is 0.0247. The van der Waals surface area contributed by atoms with Crippen molar-refractivity contribution in [2.75, 3.05) is 36.9 Å². The first-order chi connectivity index (χ1) is 7.79. The molecule has 1 heterocycles. The van der Waals surface area contributed by atoms with E-state index in [9.17, 15) is 0 Å². The molecule has 0 saturated carbocycles. The van der Waals surface area contributed by atoms with Crippen LogP contribution in [0.3, 0.4) is 0 Å². The molecule has 0 bridgehead atoms. The van der Waals surface area contributed by atoms with Gasteiger partial charge in [-0.2, -0.15) is 0 Å². The second kappa shape index (κ2) is 5.18. The molecule has 1 aromatic carbocycles. The highest BCUT2D eigenvalue weighted by Gasteiger charge is 2.19. The van der Waals surface area contributed by atoms with Crippen LogP contribution in [0.1, 0.15) is 6.42 Å². The molecule has 4 nitrogen and oxygen atoms in total. The standard InChI is InChI=1S/C12H18N2O2/c13-10-1-3-11(4-2-10)14-6-8-16-12(9-14)5-7-15/h1-4,12,15H,5-9,13H2/t12-/m1/s1. The third-order valence-corrected chi connectivity index (χ3v) is 2.85. The summed E-state index contributed by atoms with van der Waals surface area (Å²) in [5.74, 6) is 0. The Morgan fingerprint density at radius 1 is 1.38 bits per heavy atom. The average Bonchev–Trinajstić information content (AvgIpc) is 2.31. The fourth-order valence-electron chi connectivity index (χ4n) is 1.96. The zero-order valence-corrected chi connectivity index (χ0v) is 9.30. The normalized spacial score (nSPS) is 21.1. The van der Waals surface area contributed by atoms with Crippen molar-refractivity contribution in [1.29, 1.82) is 0 Å². The molecule has 16 heavy (non-hydrogen) atoms. The molecule has 1 saturated heterocycles. The minimum atomic E-state index is 0.135. The van der Waals surface area contributed by atoms with Crippen molar-refractivity contribution in [3.05, 3.63) is 24.3 Å². The Balaban J connectivity index is 2.01. The predicted octanol–water partition coefficient (Wildman–Crippen LogP) is 0.856. The van der Waals surface area contributed by atoms with Crippen molar-refractivity contribution in [1.82, 2.24) is 0 Å². The van der Waals surface area contributed by atoms with E-state index in [0.717, 1.165) is 25.4 Å². The van der Waals surface area contributed by atoms with E-state index in [0.29, 0.717) is 6.42 Å². The van der Waals surface area contributed by atoms with Gasteiger partial charge >= 0.3 is 0 Å². The molecule has 1 fully saturated rings. The molecule has 1 aliphatic heterocycles. The van der Waals surface area contributed by atoms with Crippen molar-refractivity contribution >= 4 is 11.4 Å². The Labute approximate surface area is 95.6 Å². The Morgan fingerprint density at radius 2 is 2.12 bits per heavy atom.